The number of carbonyl (C=O) groups excluding carboxylic acids is 4. The van der Waals surface area contributed by atoms with E-state index in [2.05, 4.69) is 55.4 Å². The van der Waals surface area contributed by atoms with E-state index in [1.165, 1.54) is 0 Å². The lowest BCUT2D eigenvalue weighted by Gasteiger charge is -2.33. The molecule has 384 valence electrons. The van der Waals surface area contributed by atoms with Crippen LogP contribution in [0.15, 0.2) is 36.4 Å². The van der Waals surface area contributed by atoms with E-state index in [0.717, 1.165) is 114 Å². The molecule has 12 heteroatoms. The molecule has 0 bridgehead atoms. The van der Waals surface area contributed by atoms with Crippen LogP contribution in [-0.4, -0.2) is 51.0 Å². The molecule has 0 aliphatic heterocycles. The fourth-order valence-electron chi connectivity index (χ4n) is 9.18. The molecule has 5 rings (SSSR count). The summed E-state index contributed by atoms with van der Waals surface area (Å²) in [4.78, 5) is 56.0. The summed E-state index contributed by atoms with van der Waals surface area (Å²) in [6.45, 7) is 21.2. The Balaban J connectivity index is 1.76. The molecule has 0 heterocycles. The summed E-state index contributed by atoms with van der Waals surface area (Å²) in [5.74, 6) is 0.901. The Hall–Kier alpha value is -5.52. The average molecular weight is 969 g/mol. The quantitative estimate of drug-likeness (QED) is 0.0267. The van der Waals surface area contributed by atoms with E-state index >= 15 is 0 Å². The van der Waals surface area contributed by atoms with Crippen molar-refractivity contribution in [2.75, 3.05) is 26.4 Å². The maximum Gasteiger partial charge on any atom is 0.513 e. The van der Waals surface area contributed by atoms with Crippen molar-refractivity contribution in [1.82, 2.24) is 0 Å². The topological polar surface area (TPSA) is 142 Å². The number of hydrogen-bond donors (Lipinski definition) is 0. The Bertz CT molecular complexity index is 2210. The minimum absolute atomic E-state index is 0.0847. The van der Waals surface area contributed by atoms with Gasteiger partial charge in [0.05, 0.1) is 26.4 Å². The maximum atomic E-state index is 14.0. The van der Waals surface area contributed by atoms with Crippen LogP contribution < -0.4 is 18.9 Å². The fraction of sp³-hybridized carbons (Fsp3) is 0.586. The van der Waals surface area contributed by atoms with E-state index in [1.807, 2.05) is 38.1 Å². The molecule has 4 aromatic rings. The summed E-state index contributed by atoms with van der Waals surface area (Å²) < 4.78 is 48.6. The largest absolute Gasteiger partial charge is 0.513 e. The van der Waals surface area contributed by atoms with Crippen molar-refractivity contribution in [3.05, 3.63) is 47.5 Å². The Morgan fingerprint density at radius 3 is 0.843 bits per heavy atom. The minimum Gasteiger partial charge on any atom is -0.434 e. The molecular weight excluding hydrogens is 889 g/mol. The second kappa shape index (κ2) is 27.8. The van der Waals surface area contributed by atoms with Crippen LogP contribution in [0.1, 0.15) is 169 Å². The Labute approximate surface area is 416 Å². The van der Waals surface area contributed by atoms with Gasteiger partial charge in [-0.1, -0.05) is 168 Å². The lowest BCUT2D eigenvalue weighted by Crippen LogP contribution is -2.22. The van der Waals surface area contributed by atoms with Crippen LogP contribution >= 0.6 is 0 Å². The molecule has 0 radical (unpaired) electrons. The second-order valence-corrected chi connectivity index (χ2v) is 19.2. The van der Waals surface area contributed by atoms with Crippen LogP contribution in [0.2, 0.25) is 0 Å². The highest BCUT2D eigenvalue weighted by Gasteiger charge is 2.43. The number of unbranched alkanes of at least 4 members (excludes halogenated alkanes) is 4. The molecule has 0 aromatic heterocycles. The molecule has 0 spiro atoms. The summed E-state index contributed by atoms with van der Waals surface area (Å²) in [7, 11) is 0. The molecule has 4 atom stereocenters. The lowest BCUT2D eigenvalue weighted by molar-refractivity contribution is 0.0793. The van der Waals surface area contributed by atoms with Crippen molar-refractivity contribution >= 4 is 46.2 Å². The van der Waals surface area contributed by atoms with Crippen molar-refractivity contribution in [1.29, 1.82) is 0 Å². The zero-order valence-electron chi connectivity index (χ0n) is 43.8. The van der Waals surface area contributed by atoms with E-state index in [-0.39, 0.29) is 95.4 Å². The van der Waals surface area contributed by atoms with Crippen molar-refractivity contribution < 1.29 is 57.1 Å². The van der Waals surface area contributed by atoms with Gasteiger partial charge in [0.25, 0.3) is 0 Å². The van der Waals surface area contributed by atoms with Crippen LogP contribution in [0.3, 0.4) is 0 Å². The van der Waals surface area contributed by atoms with Gasteiger partial charge < -0.3 is 37.9 Å². The molecule has 1 aliphatic rings. The predicted octanol–water partition coefficient (Wildman–Crippen LogP) is 17.2. The number of benzene rings is 4. The third kappa shape index (κ3) is 14.3. The Morgan fingerprint density at radius 2 is 0.614 bits per heavy atom. The van der Waals surface area contributed by atoms with Gasteiger partial charge in [-0.15, -0.1) is 0 Å². The molecule has 0 saturated heterocycles. The molecule has 0 N–H and O–H groups in total. The molecule has 12 nitrogen and oxygen atoms in total. The van der Waals surface area contributed by atoms with Crippen LogP contribution in [-0.2, 0) is 18.9 Å². The number of ether oxygens (including phenoxy) is 8. The number of hydrogen-bond acceptors (Lipinski definition) is 12. The number of aryl methyl sites for hydroxylation is 2. The van der Waals surface area contributed by atoms with Gasteiger partial charge in [-0.05, 0) is 75.3 Å². The van der Waals surface area contributed by atoms with Crippen LogP contribution in [0.25, 0.3) is 43.8 Å². The van der Waals surface area contributed by atoms with Gasteiger partial charge in [0.1, 0.15) is 0 Å². The number of fused-ring (bicyclic) bond motifs is 6. The smallest absolute Gasteiger partial charge is 0.434 e. The van der Waals surface area contributed by atoms with E-state index < -0.39 is 24.6 Å². The number of carbonyl (C=O) groups is 4. The van der Waals surface area contributed by atoms with Gasteiger partial charge in [0, 0.05) is 43.8 Å². The first-order valence-corrected chi connectivity index (χ1v) is 26.5. The second-order valence-electron chi connectivity index (χ2n) is 19.2. The van der Waals surface area contributed by atoms with E-state index in [1.54, 1.807) is 12.1 Å². The van der Waals surface area contributed by atoms with Crippen molar-refractivity contribution in [2.24, 2.45) is 23.7 Å². The van der Waals surface area contributed by atoms with Crippen molar-refractivity contribution in [2.45, 2.75) is 172 Å². The predicted molar refractivity (Wildman–Crippen MR) is 276 cm³/mol. The highest BCUT2D eigenvalue weighted by atomic mass is 16.7. The molecule has 1 aliphatic carbocycles. The molecule has 0 fully saturated rings. The van der Waals surface area contributed by atoms with E-state index in [9.17, 15) is 19.2 Å². The minimum atomic E-state index is -0.928. The first kappa shape index (κ1) is 55.4. The van der Waals surface area contributed by atoms with Gasteiger partial charge in [-0.2, -0.15) is 0 Å². The van der Waals surface area contributed by atoms with Crippen molar-refractivity contribution in [3.63, 3.8) is 0 Å². The van der Waals surface area contributed by atoms with Gasteiger partial charge in [-0.3, -0.25) is 0 Å². The van der Waals surface area contributed by atoms with Crippen LogP contribution in [0, 0.1) is 37.5 Å². The summed E-state index contributed by atoms with van der Waals surface area (Å²) in [6, 6.07) is 11.0. The number of rotatable bonds is 28. The first-order chi connectivity index (χ1) is 33.9. The van der Waals surface area contributed by atoms with E-state index in [4.69, 9.17) is 37.9 Å². The normalized spacial score (nSPS) is 13.3. The Morgan fingerprint density at radius 1 is 0.371 bits per heavy atom. The zero-order chi connectivity index (χ0) is 50.7. The molecule has 70 heavy (non-hydrogen) atoms. The zero-order valence-corrected chi connectivity index (χ0v) is 43.8. The standard InChI is InChI=1S/C58H80O12/c1-11-19-23-39(15-5)33-63-55(59)67-51-43-29-27-37(9)31-45(43)53(69-57(61)65-35-41(17-7)25-21-13-3)49-47(51)50-48(49)52(68-56(60)64-34-40(16-6)24-20-12-2)44-30-28-38(10)32-46(44)54(50)70-58(62)66-36-42(18-8)26-22-14-4/h27-32,39-42H,11-26,33-36H2,1-10H3. The molecular formula is C58H80O12. The Kier molecular flexibility index (Phi) is 22.0. The summed E-state index contributed by atoms with van der Waals surface area (Å²) in [5, 5.41) is 1.69. The summed E-state index contributed by atoms with van der Waals surface area (Å²) in [6.07, 6.45) is 11.2. The summed E-state index contributed by atoms with van der Waals surface area (Å²) >= 11 is 0. The summed E-state index contributed by atoms with van der Waals surface area (Å²) in [5.41, 5.74) is 2.77. The van der Waals surface area contributed by atoms with Crippen LogP contribution in [0.5, 0.6) is 23.0 Å². The molecule has 4 unspecified atom stereocenters. The molecule has 4 aromatic carbocycles. The van der Waals surface area contributed by atoms with Crippen LogP contribution in [0.4, 0.5) is 19.2 Å². The highest BCUT2D eigenvalue weighted by Crippen LogP contribution is 2.67. The van der Waals surface area contributed by atoms with Gasteiger partial charge in [0.15, 0.2) is 23.0 Å². The maximum absolute atomic E-state index is 14.0. The fourth-order valence-corrected chi connectivity index (χ4v) is 9.18. The SMILES string of the molecule is CCCCC(CC)COC(=O)Oc1c2c(c(OC(=O)OCC(CC)CCCC)c3cc(C)ccc13)-c1c-2c(OC(=O)OCC(CC)CCCC)c2cc(C)ccc2c1OC(=O)OCC(CC)CCCC. The average Bonchev–Trinajstić information content (AvgIpc) is 3.34. The van der Waals surface area contributed by atoms with Gasteiger partial charge in [0.2, 0.25) is 0 Å². The van der Waals surface area contributed by atoms with E-state index in [0.29, 0.717) is 21.5 Å². The first-order valence-electron chi connectivity index (χ1n) is 26.5. The van der Waals surface area contributed by atoms with Gasteiger partial charge in [-0.25, -0.2) is 19.2 Å². The molecule has 0 saturated carbocycles. The molecule has 0 amide bonds. The third-order valence-corrected chi connectivity index (χ3v) is 13.9. The monoisotopic (exact) mass is 969 g/mol. The highest BCUT2D eigenvalue weighted by molar-refractivity contribution is 6.25. The third-order valence-electron chi connectivity index (χ3n) is 13.9. The van der Waals surface area contributed by atoms with Gasteiger partial charge >= 0.3 is 24.6 Å². The van der Waals surface area contributed by atoms with Crippen molar-refractivity contribution in [3.8, 4) is 45.3 Å². The lowest BCUT2D eigenvalue weighted by atomic mass is 9.74.